The molecule has 132 valence electrons. The average Bonchev–Trinajstić information content (AvgIpc) is 2.68. The van der Waals surface area contributed by atoms with Crippen LogP contribution in [-0.4, -0.2) is 5.91 Å². The Kier molecular flexibility index (Phi) is 5.77. The van der Waals surface area contributed by atoms with Gasteiger partial charge in [-0.05, 0) is 59.7 Å². The quantitative estimate of drug-likeness (QED) is 0.446. The first-order valence-electron chi connectivity index (χ1n) is 8.66. The summed E-state index contributed by atoms with van der Waals surface area (Å²) in [6, 6.07) is 28.2. The predicted octanol–water partition coefficient (Wildman–Crippen LogP) is 5.80. The standard InChI is InChI=1S/C23H22INO/c1-23(2,19-13-7-4-8-14-19)22(26)25(17-18-11-5-3-6-12-18)21-16-10-9-15-20(21)24/h3-16H,17H2,1-2H3. The van der Waals surface area contributed by atoms with Crippen molar-refractivity contribution < 1.29 is 4.79 Å². The Hall–Kier alpha value is -2.14. The molecule has 0 N–H and O–H groups in total. The molecule has 0 unspecified atom stereocenters. The van der Waals surface area contributed by atoms with Crippen molar-refractivity contribution in [3.05, 3.63) is 99.6 Å². The van der Waals surface area contributed by atoms with Crippen molar-refractivity contribution in [3.8, 4) is 0 Å². The number of anilines is 1. The normalized spacial score (nSPS) is 11.2. The van der Waals surface area contributed by atoms with Crippen molar-refractivity contribution in [2.75, 3.05) is 4.90 Å². The molecule has 0 saturated heterocycles. The average molecular weight is 455 g/mol. The highest BCUT2D eigenvalue weighted by molar-refractivity contribution is 14.1. The molecule has 0 aromatic heterocycles. The van der Waals surface area contributed by atoms with Gasteiger partial charge >= 0.3 is 0 Å². The van der Waals surface area contributed by atoms with Crippen LogP contribution < -0.4 is 4.90 Å². The molecule has 0 atom stereocenters. The van der Waals surface area contributed by atoms with Crippen molar-refractivity contribution >= 4 is 34.2 Å². The summed E-state index contributed by atoms with van der Waals surface area (Å²) in [4.78, 5) is 15.6. The van der Waals surface area contributed by atoms with E-state index in [0.29, 0.717) is 6.54 Å². The van der Waals surface area contributed by atoms with Gasteiger partial charge in [-0.2, -0.15) is 0 Å². The minimum absolute atomic E-state index is 0.0941. The summed E-state index contributed by atoms with van der Waals surface area (Å²) in [6.45, 7) is 4.55. The van der Waals surface area contributed by atoms with Crippen LogP contribution in [0.15, 0.2) is 84.9 Å². The Bertz CT molecular complexity index is 875. The molecular weight excluding hydrogens is 433 g/mol. The summed E-state index contributed by atoms with van der Waals surface area (Å²) >= 11 is 2.30. The van der Waals surface area contributed by atoms with E-state index >= 15 is 0 Å². The molecule has 3 aromatic carbocycles. The molecular formula is C23H22INO. The Balaban J connectivity index is 2.02. The fourth-order valence-corrected chi connectivity index (χ4v) is 3.70. The summed E-state index contributed by atoms with van der Waals surface area (Å²) < 4.78 is 1.07. The maximum atomic E-state index is 13.6. The molecule has 1 amide bonds. The van der Waals surface area contributed by atoms with Gasteiger partial charge in [0.05, 0.1) is 17.6 Å². The van der Waals surface area contributed by atoms with Crippen LogP contribution in [0.2, 0.25) is 0 Å². The molecule has 0 spiro atoms. The number of hydrogen-bond acceptors (Lipinski definition) is 1. The van der Waals surface area contributed by atoms with Crippen LogP contribution in [0.4, 0.5) is 5.69 Å². The largest absolute Gasteiger partial charge is 0.306 e. The fraction of sp³-hybridized carbons (Fsp3) is 0.174. The Morgan fingerprint density at radius 1 is 0.846 bits per heavy atom. The molecule has 0 heterocycles. The summed E-state index contributed by atoms with van der Waals surface area (Å²) in [5.41, 5.74) is 2.47. The van der Waals surface area contributed by atoms with Crippen molar-refractivity contribution in [3.63, 3.8) is 0 Å². The molecule has 0 bridgehead atoms. The number of carbonyl (C=O) groups is 1. The van der Waals surface area contributed by atoms with E-state index in [9.17, 15) is 4.79 Å². The second kappa shape index (κ2) is 8.04. The van der Waals surface area contributed by atoms with Gasteiger partial charge in [-0.25, -0.2) is 0 Å². The monoisotopic (exact) mass is 455 g/mol. The van der Waals surface area contributed by atoms with Crippen LogP contribution in [0.5, 0.6) is 0 Å². The van der Waals surface area contributed by atoms with Crippen LogP contribution in [0.25, 0.3) is 0 Å². The molecule has 3 aromatic rings. The third kappa shape index (κ3) is 3.98. The van der Waals surface area contributed by atoms with Crippen LogP contribution in [-0.2, 0) is 16.8 Å². The molecule has 0 radical (unpaired) electrons. The lowest BCUT2D eigenvalue weighted by Crippen LogP contribution is -2.43. The lowest BCUT2D eigenvalue weighted by Gasteiger charge is -2.33. The lowest BCUT2D eigenvalue weighted by atomic mass is 9.83. The van der Waals surface area contributed by atoms with Crippen LogP contribution in [0, 0.1) is 3.57 Å². The summed E-state index contributed by atoms with van der Waals surface area (Å²) in [5, 5.41) is 0. The van der Waals surface area contributed by atoms with Gasteiger partial charge in [-0.15, -0.1) is 0 Å². The van der Waals surface area contributed by atoms with Gasteiger partial charge in [-0.3, -0.25) is 4.79 Å². The van der Waals surface area contributed by atoms with Gasteiger partial charge in [0, 0.05) is 3.57 Å². The van der Waals surface area contributed by atoms with E-state index in [1.807, 2.05) is 91.5 Å². The molecule has 2 nitrogen and oxygen atoms in total. The minimum atomic E-state index is -0.616. The molecule has 0 aliphatic heterocycles. The first-order valence-corrected chi connectivity index (χ1v) is 9.74. The van der Waals surface area contributed by atoms with Crippen molar-refractivity contribution in [1.29, 1.82) is 0 Å². The Morgan fingerprint density at radius 3 is 2.00 bits per heavy atom. The molecule has 0 aliphatic carbocycles. The molecule has 3 rings (SSSR count). The number of para-hydroxylation sites is 1. The van der Waals surface area contributed by atoms with E-state index in [-0.39, 0.29) is 5.91 Å². The number of rotatable bonds is 5. The number of benzene rings is 3. The first-order chi connectivity index (χ1) is 12.5. The second-order valence-corrected chi connectivity index (χ2v) is 7.98. The van der Waals surface area contributed by atoms with Crippen molar-refractivity contribution in [2.45, 2.75) is 25.8 Å². The molecule has 0 fully saturated rings. The third-order valence-electron chi connectivity index (χ3n) is 4.60. The molecule has 3 heteroatoms. The van der Waals surface area contributed by atoms with E-state index in [2.05, 4.69) is 34.7 Å². The highest BCUT2D eigenvalue weighted by atomic mass is 127. The van der Waals surface area contributed by atoms with E-state index in [1.54, 1.807) is 0 Å². The van der Waals surface area contributed by atoms with Gasteiger partial charge in [0.25, 0.3) is 0 Å². The maximum absolute atomic E-state index is 13.6. The number of amides is 1. The zero-order chi connectivity index (χ0) is 18.6. The molecule has 26 heavy (non-hydrogen) atoms. The van der Waals surface area contributed by atoms with Crippen LogP contribution in [0.1, 0.15) is 25.0 Å². The summed E-state index contributed by atoms with van der Waals surface area (Å²) in [6.07, 6.45) is 0. The number of hydrogen-bond donors (Lipinski definition) is 0. The van der Waals surface area contributed by atoms with Crippen molar-refractivity contribution in [2.24, 2.45) is 0 Å². The van der Waals surface area contributed by atoms with E-state index in [1.165, 1.54) is 0 Å². The van der Waals surface area contributed by atoms with Gasteiger partial charge in [0.2, 0.25) is 5.91 Å². The summed E-state index contributed by atoms with van der Waals surface area (Å²) in [7, 11) is 0. The van der Waals surface area contributed by atoms with Gasteiger partial charge in [0.15, 0.2) is 0 Å². The summed E-state index contributed by atoms with van der Waals surface area (Å²) in [5.74, 6) is 0.0941. The number of halogens is 1. The topological polar surface area (TPSA) is 20.3 Å². The molecule has 0 saturated carbocycles. The van der Waals surface area contributed by atoms with Crippen LogP contribution >= 0.6 is 22.6 Å². The Morgan fingerprint density at radius 2 is 1.38 bits per heavy atom. The zero-order valence-electron chi connectivity index (χ0n) is 15.0. The van der Waals surface area contributed by atoms with Gasteiger partial charge in [-0.1, -0.05) is 72.8 Å². The van der Waals surface area contributed by atoms with E-state index in [4.69, 9.17) is 0 Å². The maximum Gasteiger partial charge on any atom is 0.237 e. The zero-order valence-corrected chi connectivity index (χ0v) is 17.2. The van der Waals surface area contributed by atoms with Gasteiger partial charge < -0.3 is 4.90 Å². The lowest BCUT2D eigenvalue weighted by molar-refractivity contribution is -0.123. The number of nitrogens with zero attached hydrogens (tertiary/aromatic N) is 1. The highest BCUT2D eigenvalue weighted by Crippen LogP contribution is 2.31. The van der Waals surface area contributed by atoms with Gasteiger partial charge in [0.1, 0.15) is 0 Å². The minimum Gasteiger partial charge on any atom is -0.306 e. The van der Waals surface area contributed by atoms with E-state index in [0.717, 1.165) is 20.4 Å². The van der Waals surface area contributed by atoms with Crippen molar-refractivity contribution in [1.82, 2.24) is 0 Å². The highest BCUT2D eigenvalue weighted by Gasteiger charge is 2.35. The third-order valence-corrected chi connectivity index (χ3v) is 5.51. The first kappa shape index (κ1) is 18.6. The Labute approximate surface area is 169 Å². The second-order valence-electron chi connectivity index (χ2n) is 6.82. The number of carbonyl (C=O) groups excluding carboxylic acids is 1. The van der Waals surface area contributed by atoms with Crippen LogP contribution in [0.3, 0.4) is 0 Å². The fourth-order valence-electron chi connectivity index (χ4n) is 3.02. The predicted molar refractivity (Wildman–Crippen MR) is 116 cm³/mol. The molecule has 0 aliphatic rings. The smallest absolute Gasteiger partial charge is 0.237 e. The van der Waals surface area contributed by atoms with E-state index < -0.39 is 5.41 Å². The SMILES string of the molecule is CC(C)(C(=O)N(Cc1ccccc1)c1ccccc1I)c1ccccc1.